The fourth-order valence-corrected chi connectivity index (χ4v) is 5.21. The third-order valence-corrected chi connectivity index (χ3v) is 7.51. The number of hydrogen-bond donors (Lipinski definition) is 3. The van der Waals surface area contributed by atoms with Crippen molar-refractivity contribution in [2.75, 3.05) is 13.2 Å². The lowest BCUT2D eigenvalue weighted by Crippen LogP contribution is -2.63. The van der Waals surface area contributed by atoms with Crippen molar-refractivity contribution in [3.8, 4) is 11.1 Å². The van der Waals surface area contributed by atoms with Gasteiger partial charge >= 0.3 is 12.1 Å². The largest absolute Gasteiger partial charge is 0.481 e. The molecule has 2 aliphatic rings. The molecule has 0 radical (unpaired) electrons. The number of benzene rings is 2. The zero-order chi connectivity index (χ0) is 24.8. The average Bonchev–Trinajstić information content (AvgIpc) is 3.15. The maximum Gasteiger partial charge on any atom is 0.408 e. The molecule has 2 amide bonds. The Morgan fingerprint density at radius 2 is 1.66 bits per heavy atom. The number of carboxylic acids is 1. The summed E-state index contributed by atoms with van der Waals surface area (Å²) in [4.78, 5) is 36.5. The van der Waals surface area contributed by atoms with E-state index in [2.05, 4.69) is 34.9 Å². The number of alkyl carbamates (subject to hydrolysis) is 1. The highest BCUT2D eigenvalue weighted by Crippen LogP contribution is 2.44. The summed E-state index contributed by atoms with van der Waals surface area (Å²) in [5, 5.41) is 14.7. The number of ether oxygens (including phenoxy) is 1. The SMILES string of the molecule is CCC(CCNC(=O)C1(NC(=O)OCC2c3ccccc3-c3ccccc32)CCC1)CCC(=O)O. The standard InChI is InChI=1S/C28H34N2O5/c1-2-19(12-13-25(31)32)14-17-29-26(33)28(15-7-16-28)30-27(34)35-18-24-22-10-5-3-8-20(22)21-9-4-6-11-23(21)24/h3-6,8-11,19,24H,2,7,12-18H2,1H3,(H,29,33)(H,30,34)(H,31,32). The van der Waals surface area contributed by atoms with Crippen molar-refractivity contribution in [3.05, 3.63) is 59.7 Å². The summed E-state index contributed by atoms with van der Waals surface area (Å²) in [6.45, 7) is 2.70. The van der Waals surface area contributed by atoms with Crippen LogP contribution in [0.25, 0.3) is 11.1 Å². The van der Waals surface area contributed by atoms with Gasteiger partial charge in [0.2, 0.25) is 5.91 Å². The van der Waals surface area contributed by atoms with Crippen LogP contribution < -0.4 is 10.6 Å². The van der Waals surface area contributed by atoms with Crippen LogP contribution in [0.5, 0.6) is 0 Å². The second-order valence-electron chi connectivity index (χ2n) is 9.64. The van der Waals surface area contributed by atoms with Gasteiger partial charge in [0.05, 0.1) is 0 Å². The molecule has 1 unspecified atom stereocenters. The second-order valence-corrected chi connectivity index (χ2v) is 9.64. The number of aliphatic carboxylic acids is 1. The van der Waals surface area contributed by atoms with E-state index in [1.807, 2.05) is 31.2 Å². The third kappa shape index (κ3) is 5.50. The molecule has 1 atom stereocenters. The maximum absolute atomic E-state index is 12.9. The molecule has 0 heterocycles. The molecule has 186 valence electrons. The Labute approximate surface area is 206 Å². The van der Waals surface area contributed by atoms with Gasteiger partial charge in [0, 0.05) is 18.9 Å². The van der Waals surface area contributed by atoms with Gasteiger partial charge < -0.3 is 20.5 Å². The van der Waals surface area contributed by atoms with Gasteiger partial charge in [-0.15, -0.1) is 0 Å². The molecule has 7 nitrogen and oxygen atoms in total. The summed E-state index contributed by atoms with van der Waals surface area (Å²) in [6.07, 6.45) is 3.79. The normalized spacial score (nSPS) is 16.4. The Bertz CT molecular complexity index is 1030. The first kappa shape index (κ1) is 24.8. The second kappa shape index (κ2) is 10.9. The fourth-order valence-electron chi connectivity index (χ4n) is 5.21. The van der Waals surface area contributed by atoms with Crippen molar-refractivity contribution in [1.82, 2.24) is 10.6 Å². The molecule has 0 saturated heterocycles. The van der Waals surface area contributed by atoms with Gasteiger partial charge in [0.1, 0.15) is 12.1 Å². The highest BCUT2D eigenvalue weighted by atomic mass is 16.5. The van der Waals surface area contributed by atoms with Crippen molar-refractivity contribution in [2.45, 2.75) is 63.3 Å². The first-order valence-corrected chi connectivity index (χ1v) is 12.6. The third-order valence-electron chi connectivity index (χ3n) is 7.51. The minimum Gasteiger partial charge on any atom is -0.481 e. The lowest BCUT2D eigenvalue weighted by molar-refractivity contribution is -0.137. The molecular weight excluding hydrogens is 444 g/mol. The van der Waals surface area contributed by atoms with Gasteiger partial charge in [0.25, 0.3) is 0 Å². The Hall–Kier alpha value is -3.35. The van der Waals surface area contributed by atoms with E-state index < -0.39 is 17.6 Å². The van der Waals surface area contributed by atoms with Crippen LogP contribution >= 0.6 is 0 Å². The van der Waals surface area contributed by atoms with E-state index in [-0.39, 0.29) is 30.8 Å². The highest BCUT2D eigenvalue weighted by molar-refractivity contribution is 5.91. The van der Waals surface area contributed by atoms with Crippen LogP contribution in [0.15, 0.2) is 48.5 Å². The molecule has 7 heteroatoms. The summed E-state index contributed by atoms with van der Waals surface area (Å²) in [6, 6.07) is 16.3. The Morgan fingerprint density at radius 3 is 2.20 bits per heavy atom. The summed E-state index contributed by atoms with van der Waals surface area (Å²) < 4.78 is 5.65. The van der Waals surface area contributed by atoms with E-state index in [0.717, 1.165) is 30.4 Å². The number of fused-ring (bicyclic) bond motifs is 3. The van der Waals surface area contributed by atoms with Crippen molar-refractivity contribution in [3.63, 3.8) is 0 Å². The number of rotatable bonds is 11. The Morgan fingerprint density at radius 1 is 1.03 bits per heavy atom. The van der Waals surface area contributed by atoms with E-state index >= 15 is 0 Å². The summed E-state index contributed by atoms with van der Waals surface area (Å²) in [5.74, 6) is -0.770. The zero-order valence-corrected chi connectivity index (χ0v) is 20.2. The Balaban J connectivity index is 1.30. The molecule has 0 spiro atoms. The van der Waals surface area contributed by atoms with Gasteiger partial charge in [-0.25, -0.2) is 4.79 Å². The summed E-state index contributed by atoms with van der Waals surface area (Å²) in [5.41, 5.74) is 3.70. The molecule has 2 aliphatic carbocycles. The van der Waals surface area contributed by atoms with Crippen molar-refractivity contribution >= 4 is 18.0 Å². The van der Waals surface area contributed by atoms with Crippen LogP contribution in [-0.4, -0.2) is 41.8 Å². The number of carbonyl (C=O) groups is 3. The van der Waals surface area contributed by atoms with Crippen LogP contribution in [0.1, 0.15) is 68.9 Å². The smallest absolute Gasteiger partial charge is 0.408 e. The van der Waals surface area contributed by atoms with Gasteiger partial charge in [-0.05, 0) is 60.3 Å². The van der Waals surface area contributed by atoms with Crippen LogP contribution in [0, 0.1) is 5.92 Å². The number of hydrogen-bond acceptors (Lipinski definition) is 4. The number of carbonyl (C=O) groups excluding carboxylic acids is 2. The van der Waals surface area contributed by atoms with Gasteiger partial charge in [-0.3, -0.25) is 9.59 Å². The van der Waals surface area contributed by atoms with Crippen LogP contribution in [0.3, 0.4) is 0 Å². The highest BCUT2D eigenvalue weighted by Gasteiger charge is 2.46. The molecule has 2 aromatic carbocycles. The van der Waals surface area contributed by atoms with E-state index in [1.54, 1.807) is 0 Å². The maximum atomic E-state index is 12.9. The van der Waals surface area contributed by atoms with E-state index in [4.69, 9.17) is 9.84 Å². The molecule has 2 aromatic rings. The molecule has 0 aliphatic heterocycles. The minimum absolute atomic E-state index is 0.0314. The number of amides is 2. The molecule has 1 fully saturated rings. The van der Waals surface area contributed by atoms with Gasteiger partial charge in [-0.1, -0.05) is 61.9 Å². The molecule has 35 heavy (non-hydrogen) atoms. The lowest BCUT2D eigenvalue weighted by atomic mass is 9.76. The van der Waals surface area contributed by atoms with Gasteiger partial charge in [0.15, 0.2) is 0 Å². The topological polar surface area (TPSA) is 105 Å². The number of carboxylic acid groups (broad SMARTS) is 1. The van der Waals surface area contributed by atoms with Crippen molar-refractivity contribution in [1.29, 1.82) is 0 Å². The summed E-state index contributed by atoms with van der Waals surface area (Å²) in [7, 11) is 0. The van der Waals surface area contributed by atoms with E-state index in [0.29, 0.717) is 25.8 Å². The lowest BCUT2D eigenvalue weighted by Gasteiger charge is -2.40. The summed E-state index contributed by atoms with van der Waals surface area (Å²) >= 11 is 0. The molecule has 3 N–H and O–H groups in total. The molecule has 0 aromatic heterocycles. The molecule has 4 rings (SSSR count). The predicted octanol–water partition coefficient (Wildman–Crippen LogP) is 4.85. The van der Waals surface area contributed by atoms with Crippen LogP contribution in [0.2, 0.25) is 0 Å². The van der Waals surface area contributed by atoms with Crippen LogP contribution in [0.4, 0.5) is 4.79 Å². The minimum atomic E-state index is -0.925. The monoisotopic (exact) mass is 478 g/mol. The Kier molecular flexibility index (Phi) is 7.73. The molecule has 1 saturated carbocycles. The average molecular weight is 479 g/mol. The van der Waals surface area contributed by atoms with Crippen molar-refractivity contribution < 1.29 is 24.2 Å². The predicted molar refractivity (Wildman–Crippen MR) is 133 cm³/mol. The zero-order valence-electron chi connectivity index (χ0n) is 20.2. The fraction of sp³-hybridized carbons (Fsp3) is 0.464. The van der Waals surface area contributed by atoms with E-state index in [1.165, 1.54) is 11.1 Å². The van der Waals surface area contributed by atoms with Crippen LogP contribution in [-0.2, 0) is 14.3 Å². The molecule has 0 bridgehead atoms. The first-order chi connectivity index (χ1) is 16.9. The number of nitrogens with one attached hydrogen (secondary N) is 2. The first-order valence-electron chi connectivity index (χ1n) is 12.6. The van der Waals surface area contributed by atoms with Gasteiger partial charge in [-0.2, -0.15) is 0 Å². The molecular formula is C28H34N2O5. The van der Waals surface area contributed by atoms with Crippen molar-refractivity contribution in [2.24, 2.45) is 5.92 Å². The quantitative estimate of drug-likeness (QED) is 0.428. The van der Waals surface area contributed by atoms with E-state index in [9.17, 15) is 14.4 Å².